The molecular formula is C23H20N8O2. The largest absolute Gasteiger partial charge is 0.482 e. The minimum absolute atomic E-state index is 0.0941. The van der Waals surface area contributed by atoms with Gasteiger partial charge in [-0.3, -0.25) is 14.0 Å². The van der Waals surface area contributed by atoms with Crippen molar-refractivity contribution in [2.75, 3.05) is 5.73 Å². The second kappa shape index (κ2) is 7.56. The van der Waals surface area contributed by atoms with Crippen LogP contribution in [0.15, 0.2) is 41.3 Å². The van der Waals surface area contributed by atoms with Crippen LogP contribution in [0.1, 0.15) is 35.5 Å². The van der Waals surface area contributed by atoms with Crippen LogP contribution in [-0.4, -0.2) is 29.5 Å². The number of aryl methyl sites for hydroxylation is 2. The highest BCUT2D eigenvalue weighted by Crippen LogP contribution is 2.36. The van der Waals surface area contributed by atoms with Gasteiger partial charge in [-0.25, -0.2) is 4.98 Å². The van der Waals surface area contributed by atoms with Crippen LogP contribution in [0.2, 0.25) is 0 Å². The maximum absolute atomic E-state index is 13.0. The Balaban J connectivity index is 1.88. The molecule has 33 heavy (non-hydrogen) atoms. The van der Waals surface area contributed by atoms with Crippen molar-refractivity contribution in [1.29, 1.82) is 5.26 Å². The van der Waals surface area contributed by atoms with E-state index in [4.69, 9.17) is 10.5 Å². The Kier molecular flexibility index (Phi) is 4.67. The highest BCUT2D eigenvalue weighted by Gasteiger charge is 2.25. The third-order valence-corrected chi connectivity index (χ3v) is 5.70. The molecule has 10 nitrogen and oxygen atoms in total. The number of nitrogens with zero attached hydrogens (tertiary/aromatic N) is 7. The van der Waals surface area contributed by atoms with E-state index >= 15 is 0 Å². The van der Waals surface area contributed by atoms with Gasteiger partial charge in [-0.05, 0) is 13.8 Å². The Morgan fingerprint density at radius 3 is 2.85 bits per heavy atom. The third kappa shape index (κ3) is 3.30. The van der Waals surface area contributed by atoms with E-state index in [9.17, 15) is 10.1 Å². The molecule has 0 fully saturated rings. The van der Waals surface area contributed by atoms with E-state index in [0.29, 0.717) is 28.5 Å². The minimum atomic E-state index is -0.437. The number of nitrogen functional groups attached to an aromatic ring is 1. The van der Waals surface area contributed by atoms with E-state index in [1.807, 2.05) is 32.0 Å². The molecule has 1 aromatic carbocycles. The Morgan fingerprint density at radius 2 is 2.06 bits per heavy atom. The first-order chi connectivity index (χ1) is 15.9. The lowest BCUT2D eigenvalue weighted by molar-refractivity contribution is 0.227. The molecule has 1 aliphatic rings. The van der Waals surface area contributed by atoms with Crippen LogP contribution < -0.4 is 16.0 Å². The van der Waals surface area contributed by atoms with Gasteiger partial charge in [-0.2, -0.15) is 10.4 Å². The van der Waals surface area contributed by atoms with Crippen molar-refractivity contribution in [2.45, 2.75) is 26.5 Å². The highest BCUT2D eigenvalue weighted by atomic mass is 16.5. The summed E-state index contributed by atoms with van der Waals surface area (Å²) in [5.74, 6) is 0.958. The van der Waals surface area contributed by atoms with Crippen LogP contribution >= 0.6 is 0 Å². The molecule has 0 aliphatic carbocycles. The second-order valence-electron chi connectivity index (χ2n) is 7.93. The maximum Gasteiger partial charge on any atom is 0.254 e. The van der Waals surface area contributed by atoms with Gasteiger partial charge in [0.1, 0.15) is 29.4 Å². The number of benzene rings is 1. The molecule has 1 atom stereocenters. The Bertz CT molecular complexity index is 1510. The fraction of sp³-hybridized carbons (Fsp3) is 0.217. The lowest BCUT2D eigenvalue weighted by atomic mass is 9.99. The smallest absolute Gasteiger partial charge is 0.254 e. The molecule has 0 spiro atoms. The van der Waals surface area contributed by atoms with Crippen LogP contribution in [0, 0.1) is 18.3 Å². The lowest BCUT2D eigenvalue weighted by Gasteiger charge is -2.22. The van der Waals surface area contributed by atoms with Crippen molar-refractivity contribution in [3.05, 3.63) is 69.4 Å². The minimum Gasteiger partial charge on any atom is -0.482 e. The van der Waals surface area contributed by atoms with Gasteiger partial charge in [0.05, 0.1) is 17.8 Å². The Hall–Kier alpha value is -4.52. The predicted octanol–water partition coefficient (Wildman–Crippen LogP) is 2.36. The molecule has 2 N–H and O–H groups in total. The molecule has 2 bridgehead atoms. The fourth-order valence-corrected chi connectivity index (χ4v) is 4.12. The van der Waals surface area contributed by atoms with Gasteiger partial charge in [0.2, 0.25) is 0 Å². The summed E-state index contributed by atoms with van der Waals surface area (Å²) in [6, 6.07) is 11.1. The molecule has 4 heterocycles. The van der Waals surface area contributed by atoms with Crippen LogP contribution in [0.4, 0.5) is 5.82 Å². The van der Waals surface area contributed by atoms with Crippen molar-refractivity contribution in [3.63, 3.8) is 0 Å². The van der Waals surface area contributed by atoms with Gasteiger partial charge in [0.25, 0.3) is 5.56 Å². The van der Waals surface area contributed by atoms with Crippen molar-refractivity contribution < 1.29 is 4.74 Å². The summed E-state index contributed by atoms with van der Waals surface area (Å²) in [7, 11) is 1.67. The molecule has 3 aromatic heterocycles. The van der Waals surface area contributed by atoms with Crippen molar-refractivity contribution >= 4 is 5.82 Å². The SMILES string of the molecule is Cc1ccc2c(c1)[C@@H](C)Oc1cc(nnc1N)-c1c(nn(C)c1C#N)Cn1c-2nccc1=O. The summed E-state index contributed by atoms with van der Waals surface area (Å²) in [6.07, 6.45) is 1.05. The number of anilines is 1. The van der Waals surface area contributed by atoms with Gasteiger partial charge in [0.15, 0.2) is 11.6 Å². The zero-order valence-corrected chi connectivity index (χ0v) is 18.3. The molecule has 0 radical (unpaired) electrons. The van der Waals surface area contributed by atoms with E-state index in [-0.39, 0.29) is 23.6 Å². The molecule has 0 saturated heterocycles. The van der Waals surface area contributed by atoms with Gasteiger partial charge < -0.3 is 10.5 Å². The Labute approximate surface area is 188 Å². The number of ether oxygens (including phenoxy) is 1. The van der Waals surface area contributed by atoms with E-state index < -0.39 is 6.10 Å². The lowest BCUT2D eigenvalue weighted by Crippen LogP contribution is -2.24. The average Bonchev–Trinajstić information content (AvgIpc) is 3.10. The quantitative estimate of drug-likeness (QED) is 0.440. The number of fused-ring (bicyclic) bond motifs is 7. The second-order valence-corrected chi connectivity index (χ2v) is 7.93. The normalized spacial score (nSPS) is 14.5. The third-order valence-electron chi connectivity index (χ3n) is 5.70. The summed E-state index contributed by atoms with van der Waals surface area (Å²) in [5.41, 5.74) is 10.1. The van der Waals surface area contributed by atoms with Crippen LogP contribution in [0.5, 0.6) is 5.75 Å². The van der Waals surface area contributed by atoms with Gasteiger partial charge >= 0.3 is 0 Å². The zero-order valence-electron chi connectivity index (χ0n) is 18.3. The van der Waals surface area contributed by atoms with Crippen LogP contribution in [0.3, 0.4) is 0 Å². The van der Waals surface area contributed by atoms with Crippen LogP contribution in [0.25, 0.3) is 22.6 Å². The number of nitriles is 1. The highest BCUT2D eigenvalue weighted by molar-refractivity contribution is 5.71. The maximum atomic E-state index is 13.0. The first-order valence-electron chi connectivity index (χ1n) is 10.3. The molecular weight excluding hydrogens is 420 g/mol. The zero-order chi connectivity index (χ0) is 23.3. The van der Waals surface area contributed by atoms with Gasteiger partial charge in [-0.15, -0.1) is 10.2 Å². The monoisotopic (exact) mass is 440 g/mol. The molecule has 5 rings (SSSR count). The number of nitrogens with two attached hydrogens (primary N) is 1. The molecule has 4 aromatic rings. The van der Waals surface area contributed by atoms with Crippen LogP contribution in [-0.2, 0) is 13.6 Å². The van der Waals surface area contributed by atoms with Gasteiger partial charge in [-0.1, -0.05) is 23.8 Å². The van der Waals surface area contributed by atoms with Crippen molar-refractivity contribution in [3.8, 4) is 34.5 Å². The number of rotatable bonds is 0. The molecule has 0 unspecified atom stereocenters. The summed E-state index contributed by atoms with van der Waals surface area (Å²) in [5, 5.41) is 22.6. The van der Waals surface area contributed by atoms with E-state index in [2.05, 4.69) is 26.3 Å². The molecule has 10 heteroatoms. The van der Waals surface area contributed by atoms with Crippen molar-refractivity contribution in [2.24, 2.45) is 7.05 Å². The van der Waals surface area contributed by atoms with E-state index in [0.717, 1.165) is 16.7 Å². The summed E-state index contributed by atoms with van der Waals surface area (Å²) in [4.78, 5) is 17.5. The molecule has 0 saturated carbocycles. The average molecular weight is 440 g/mol. The van der Waals surface area contributed by atoms with E-state index in [1.165, 1.54) is 16.9 Å². The topological polar surface area (TPSA) is 138 Å². The molecule has 164 valence electrons. The first-order valence-corrected chi connectivity index (χ1v) is 10.3. The molecule has 0 amide bonds. The summed E-state index contributed by atoms with van der Waals surface area (Å²) >= 11 is 0. The number of hydrogen-bond acceptors (Lipinski definition) is 8. The molecule has 1 aliphatic heterocycles. The van der Waals surface area contributed by atoms with Crippen molar-refractivity contribution in [1.82, 2.24) is 29.5 Å². The first kappa shape index (κ1) is 20.4. The number of aromatic nitrogens is 6. The standard InChI is InChI=1S/C23H20N8O2/c1-12-4-5-14-15(8-12)13(2)33-19-9-16(27-28-22(19)25)21-17(29-30(3)18(21)10-24)11-31-20(32)6-7-26-23(14)31/h4-9,13H,11H2,1-3H3,(H2,25,28)/t13-/m1/s1. The van der Waals surface area contributed by atoms with Gasteiger partial charge in [0, 0.05) is 36.5 Å². The fourth-order valence-electron chi connectivity index (χ4n) is 4.12. The van der Waals surface area contributed by atoms with E-state index in [1.54, 1.807) is 17.7 Å². The summed E-state index contributed by atoms with van der Waals surface area (Å²) in [6.45, 7) is 3.97. The Morgan fingerprint density at radius 1 is 1.24 bits per heavy atom. The number of hydrogen-bond donors (Lipinski definition) is 1. The summed E-state index contributed by atoms with van der Waals surface area (Å²) < 4.78 is 9.23. The predicted molar refractivity (Wildman–Crippen MR) is 120 cm³/mol.